The van der Waals surface area contributed by atoms with Crippen molar-refractivity contribution in [2.24, 2.45) is 5.92 Å². The number of esters is 1. The Morgan fingerprint density at radius 2 is 2.25 bits per heavy atom. The molecule has 0 N–H and O–H groups in total. The van der Waals surface area contributed by atoms with Crippen molar-refractivity contribution >= 4 is 17.6 Å². The highest BCUT2D eigenvalue weighted by molar-refractivity contribution is 6.30. The van der Waals surface area contributed by atoms with Crippen LogP contribution >= 0.6 is 11.6 Å². The number of ether oxygens (including phenoxy) is 1. The van der Waals surface area contributed by atoms with Crippen molar-refractivity contribution in [1.82, 2.24) is 0 Å². The summed E-state index contributed by atoms with van der Waals surface area (Å²) in [5.74, 6) is -1.51. The standard InChI is InChI=1S/C14H12ClNO4/c1-8-3-2-4-11-10-7-9(15)5-6-12(10)20-13(17)14(8,11)16(18)19/h2-3,5-8,11H,4H2,1H3/t8-,11+,14-/m1/s1. The summed E-state index contributed by atoms with van der Waals surface area (Å²) in [6, 6.07) is 4.84. The van der Waals surface area contributed by atoms with Crippen LogP contribution in [0.5, 0.6) is 5.75 Å². The van der Waals surface area contributed by atoms with Crippen molar-refractivity contribution in [3.8, 4) is 5.75 Å². The molecule has 0 bridgehead atoms. The molecule has 1 aliphatic heterocycles. The van der Waals surface area contributed by atoms with Crippen LogP contribution in [-0.4, -0.2) is 16.4 Å². The molecule has 0 saturated carbocycles. The van der Waals surface area contributed by atoms with Crippen LogP contribution in [0.15, 0.2) is 30.4 Å². The van der Waals surface area contributed by atoms with Gasteiger partial charge in [-0.3, -0.25) is 10.1 Å². The van der Waals surface area contributed by atoms with E-state index in [1.54, 1.807) is 31.2 Å². The number of nitrogens with zero attached hydrogens (tertiary/aromatic N) is 1. The van der Waals surface area contributed by atoms with E-state index in [9.17, 15) is 14.9 Å². The Balaban J connectivity index is 2.27. The van der Waals surface area contributed by atoms with Crippen LogP contribution in [0.4, 0.5) is 0 Å². The number of benzene rings is 1. The van der Waals surface area contributed by atoms with Crippen LogP contribution < -0.4 is 4.74 Å². The molecule has 1 aliphatic carbocycles. The van der Waals surface area contributed by atoms with Gasteiger partial charge in [-0.25, -0.2) is 4.79 Å². The van der Waals surface area contributed by atoms with Gasteiger partial charge in [0.25, 0.3) is 0 Å². The minimum atomic E-state index is -1.76. The molecule has 0 aromatic heterocycles. The predicted octanol–water partition coefficient (Wildman–Crippen LogP) is 2.95. The lowest BCUT2D eigenvalue weighted by Gasteiger charge is -2.40. The van der Waals surface area contributed by atoms with Crippen LogP contribution in [0.3, 0.4) is 0 Å². The third-order valence-corrected chi connectivity index (χ3v) is 4.44. The minimum absolute atomic E-state index is 0.365. The first-order valence-corrected chi connectivity index (χ1v) is 6.68. The first kappa shape index (κ1) is 13.1. The number of allylic oxidation sites excluding steroid dienone is 1. The topological polar surface area (TPSA) is 69.4 Å². The zero-order valence-corrected chi connectivity index (χ0v) is 11.5. The number of halogens is 1. The van der Waals surface area contributed by atoms with Crippen molar-refractivity contribution in [2.45, 2.75) is 24.8 Å². The molecule has 0 radical (unpaired) electrons. The lowest BCUT2D eigenvalue weighted by Crippen LogP contribution is -2.60. The van der Waals surface area contributed by atoms with Crippen molar-refractivity contribution < 1.29 is 14.5 Å². The van der Waals surface area contributed by atoms with Gasteiger partial charge in [0, 0.05) is 15.5 Å². The van der Waals surface area contributed by atoms with E-state index in [2.05, 4.69) is 0 Å². The molecule has 104 valence electrons. The Morgan fingerprint density at radius 1 is 1.50 bits per heavy atom. The number of carbonyl (C=O) groups is 1. The maximum absolute atomic E-state index is 12.3. The quantitative estimate of drug-likeness (QED) is 0.262. The minimum Gasteiger partial charge on any atom is -0.421 e. The number of carbonyl (C=O) groups excluding carboxylic acids is 1. The summed E-state index contributed by atoms with van der Waals surface area (Å²) >= 11 is 5.98. The monoisotopic (exact) mass is 293 g/mol. The molecule has 5 nitrogen and oxygen atoms in total. The van der Waals surface area contributed by atoms with Gasteiger partial charge in [0.1, 0.15) is 5.75 Å². The maximum Gasteiger partial charge on any atom is 0.391 e. The molecule has 0 unspecified atom stereocenters. The van der Waals surface area contributed by atoms with Crippen molar-refractivity contribution in [3.05, 3.63) is 51.1 Å². The zero-order chi connectivity index (χ0) is 14.5. The van der Waals surface area contributed by atoms with Crippen LogP contribution in [0.1, 0.15) is 24.8 Å². The van der Waals surface area contributed by atoms with E-state index in [1.165, 1.54) is 0 Å². The summed E-state index contributed by atoms with van der Waals surface area (Å²) in [7, 11) is 0. The smallest absolute Gasteiger partial charge is 0.391 e. The van der Waals surface area contributed by atoms with Crippen molar-refractivity contribution in [3.63, 3.8) is 0 Å². The van der Waals surface area contributed by atoms with Gasteiger partial charge in [-0.15, -0.1) is 0 Å². The van der Waals surface area contributed by atoms with Gasteiger partial charge < -0.3 is 4.74 Å². The van der Waals surface area contributed by atoms with Crippen LogP contribution in [0, 0.1) is 16.0 Å². The summed E-state index contributed by atoms with van der Waals surface area (Å²) in [4.78, 5) is 23.5. The summed E-state index contributed by atoms with van der Waals surface area (Å²) in [5.41, 5.74) is -1.13. The van der Waals surface area contributed by atoms with E-state index < -0.39 is 28.3 Å². The number of fused-ring (bicyclic) bond motifs is 3. The molecule has 0 amide bonds. The SMILES string of the molecule is C[C@@H]1C=CC[C@H]2c3cc(Cl)ccc3OC(=O)[C@@]12[N+](=O)[O-]. The molecular weight excluding hydrogens is 282 g/mol. The normalized spacial score (nSPS) is 31.2. The summed E-state index contributed by atoms with van der Waals surface area (Å²) < 4.78 is 5.22. The molecule has 6 heteroatoms. The second kappa shape index (κ2) is 4.31. The average Bonchev–Trinajstić information content (AvgIpc) is 2.39. The fourth-order valence-electron chi connectivity index (χ4n) is 3.19. The average molecular weight is 294 g/mol. The van der Waals surface area contributed by atoms with Gasteiger partial charge in [0.05, 0.1) is 11.8 Å². The van der Waals surface area contributed by atoms with E-state index in [1.807, 2.05) is 6.08 Å². The number of hydrogen-bond donors (Lipinski definition) is 0. The maximum atomic E-state index is 12.3. The third-order valence-electron chi connectivity index (χ3n) is 4.20. The molecule has 3 rings (SSSR count). The lowest BCUT2D eigenvalue weighted by atomic mass is 9.66. The Morgan fingerprint density at radius 3 is 2.95 bits per heavy atom. The van der Waals surface area contributed by atoms with Gasteiger partial charge in [0.15, 0.2) is 0 Å². The second-order valence-electron chi connectivity index (χ2n) is 5.16. The van der Waals surface area contributed by atoms with E-state index in [0.717, 1.165) is 0 Å². The van der Waals surface area contributed by atoms with Gasteiger partial charge >= 0.3 is 11.5 Å². The highest BCUT2D eigenvalue weighted by Gasteiger charge is 2.66. The van der Waals surface area contributed by atoms with Gasteiger partial charge in [-0.1, -0.05) is 30.7 Å². The fourth-order valence-corrected chi connectivity index (χ4v) is 3.37. The highest BCUT2D eigenvalue weighted by Crippen LogP contribution is 2.50. The van der Waals surface area contributed by atoms with Gasteiger partial charge in [-0.05, 0) is 24.6 Å². The third kappa shape index (κ3) is 1.53. The Bertz CT molecular complexity index is 642. The highest BCUT2D eigenvalue weighted by atomic mass is 35.5. The predicted molar refractivity (Wildman–Crippen MR) is 72.5 cm³/mol. The summed E-state index contributed by atoms with van der Waals surface area (Å²) in [6.07, 6.45) is 4.00. The molecule has 1 heterocycles. The Hall–Kier alpha value is -1.88. The van der Waals surface area contributed by atoms with Crippen molar-refractivity contribution in [2.75, 3.05) is 0 Å². The largest absolute Gasteiger partial charge is 0.421 e. The lowest BCUT2D eigenvalue weighted by molar-refractivity contribution is -0.568. The molecule has 0 saturated heterocycles. The number of nitro groups is 1. The van der Waals surface area contributed by atoms with Crippen molar-refractivity contribution in [1.29, 1.82) is 0 Å². The fraction of sp³-hybridized carbons (Fsp3) is 0.357. The van der Waals surface area contributed by atoms with E-state index in [4.69, 9.17) is 16.3 Å². The number of hydrogen-bond acceptors (Lipinski definition) is 4. The van der Waals surface area contributed by atoms with Crippen LogP contribution in [0.2, 0.25) is 5.02 Å². The second-order valence-corrected chi connectivity index (χ2v) is 5.60. The van der Waals surface area contributed by atoms with Gasteiger partial charge in [0.2, 0.25) is 0 Å². The summed E-state index contributed by atoms with van der Waals surface area (Å²) in [6.45, 7) is 1.67. The Kier molecular flexibility index (Phi) is 2.83. The first-order valence-electron chi connectivity index (χ1n) is 6.30. The van der Waals surface area contributed by atoms with E-state index in [-0.39, 0.29) is 0 Å². The Labute approximate surface area is 120 Å². The van der Waals surface area contributed by atoms with E-state index >= 15 is 0 Å². The zero-order valence-electron chi connectivity index (χ0n) is 10.7. The molecule has 20 heavy (non-hydrogen) atoms. The van der Waals surface area contributed by atoms with Crippen LogP contribution in [0.25, 0.3) is 0 Å². The van der Waals surface area contributed by atoms with E-state index in [0.29, 0.717) is 22.8 Å². The molecular formula is C14H12ClNO4. The molecule has 0 fully saturated rings. The summed E-state index contributed by atoms with van der Waals surface area (Å²) in [5, 5.41) is 12.1. The molecule has 2 aliphatic rings. The molecule has 1 aromatic rings. The van der Waals surface area contributed by atoms with Crippen LogP contribution in [-0.2, 0) is 4.79 Å². The van der Waals surface area contributed by atoms with Gasteiger partial charge in [-0.2, -0.15) is 0 Å². The molecule has 1 aromatic carbocycles. The molecule has 0 spiro atoms. The molecule has 3 atom stereocenters. The number of rotatable bonds is 1. The first-order chi connectivity index (χ1) is 9.47.